The van der Waals surface area contributed by atoms with Gasteiger partial charge in [-0.1, -0.05) is 299 Å². The molecule has 0 rings (SSSR count). The number of carbonyl (C=O) groups is 1. The highest BCUT2D eigenvalue weighted by Crippen LogP contribution is 2.38. The maximum Gasteiger partial charge on any atom is 0.268 e. The Morgan fingerprint density at radius 2 is 0.813 bits per heavy atom. The number of aliphatic hydroxyl groups is 1. The number of hydrogen-bond donors (Lipinski definition) is 2. The Bertz CT molecular complexity index is 1400. The molecule has 0 aliphatic rings. The molecule has 0 aliphatic heterocycles. The molecule has 0 fully saturated rings. The van der Waals surface area contributed by atoms with Gasteiger partial charge in [-0.2, -0.15) is 0 Å². The number of nitrogens with one attached hydrogen (secondary N) is 1. The SMILES string of the molecule is CC/C=C\C/C=C\C/C=C\C/C=C\CCCCCCCCCCCCCCC(=O)NC(COP(=O)([O-])OCC[N+](C)(C)C)C(O)/C=C/CCCCCCCCCCCCCCCCCCCCCCCCCCCC. The number of likely N-dealkylation sites (N-methyl/N-ethyl adjacent to an activating group) is 1. The first-order chi connectivity index (χ1) is 36.5. The van der Waals surface area contributed by atoms with Gasteiger partial charge in [0.25, 0.3) is 7.82 Å². The van der Waals surface area contributed by atoms with E-state index in [1.54, 1.807) is 6.08 Å². The molecule has 0 aromatic heterocycles. The van der Waals surface area contributed by atoms with Crippen LogP contribution >= 0.6 is 7.82 Å². The van der Waals surface area contributed by atoms with Gasteiger partial charge in [0.05, 0.1) is 39.9 Å². The lowest BCUT2D eigenvalue weighted by atomic mass is 10.0. The standard InChI is InChI=1S/C66H125N2O6P/c1-6-8-10-12-14-16-18-20-22-24-26-28-30-32-33-34-36-37-39-41-43-45-47-49-51-53-55-57-59-65(69)64(63-74-75(71,72)73-62-61-68(3,4)5)67-66(70)60-58-56-54-52-50-48-46-44-42-40-38-35-31-29-27-25-23-21-19-17-15-13-11-9-7-2/h9,11,15,17,21,23,27,29,57,59,64-65,69H,6-8,10,12-14,16,18-20,22,24-26,28,30-56,58,60-63H2,1-5H3,(H-,67,70,71,72)/b11-9-,17-15-,23-21-,29-27-,59-57+. The molecule has 0 radical (unpaired) electrons. The summed E-state index contributed by atoms with van der Waals surface area (Å²) >= 11 is 0. The number of hydrogen-bond acceptors (Lipinski definition) is 6. The number of aliphatic hydroxyl groups excluding tert-OH is 1. The van der Waals surface area contributed by atoms with Gasteiger partial charge in [0, 0.05) is 6.42 Å². The fraction of sp³-hybridized carbons (Fsp3) is 0.833. The second kappa shape index (κ2) is 56.9. The molecular weight excluding hydrogens is 948 g/mol. The van der Waals surface area contributed by atoms with E-state index in [1.165, 1.54) is 218 Å². The molecule has 0 aliphatic carbocycles. The van der Waals surface area contributed by atoms with Crippen LogP contribution in [-0.4, -0.2) is 68.5 Å². The van der Waals surface area contributed by atoms with E-state index >= 15 is 0 Å². The van der Waals surface area contributed by atoms with Gasteiger partial charge in [0.15, 0.2) is 0 Å². The minimum absolute atomic E-state index is 0.00238. The first-order valence-corrected chi connectivity index (χ1v) is 33.6. The molecule has 0 spiro atoms. The average molecular weight is 1070 g/mol. The Labute approximate surface area is 466 Å². The predicted octanol–water partition coefficient (Wildman–Crippen LogP) is 19.4. The molecule has 0 bridgehead atoms. The third-order valence-electron chi connectivity index (χ3n) is 14.5. The normalized spacial score (nSPS) is 14.2. The Balaban J connectivity index is 4.13. The van der Waals surface area contributed by atoms with Crippen LogP contribution in [0, 0.1) is 0 Å². The van der Waals surface area contributed by atoms with E-state index in [0.717, 1.165) is 64.2 Å². The highest BCUT2D eigenvalue weighted by molar-refractivity contribution is 7.45. The number of phosphoric acid groups is 1. The van der Waals surface area contributed by atoms with Gasteiger partial charge in [-0.25, -0.2) is 0 Å². The van der Waals surface area contributed by atoms with Crippen LogP contribution in [0.15, 0.2) is 60.8 Å². The first kappa shape index (κ1) is 73.2. The second-order valence-corrected chi connectivity index (χ2v) is 24.5. The van der Waals surface area contributed by atoms with Crippen molar-refractivity contribution in [1.29, 1.82) is 0 Å². The van der Waals surface area contributed by atoms with E-state index in [4.69, 9.17) is 9.05 Å². The smallest absolute Gasteiger partial charge is 0.268 e. The Hall–Kier alpha value is -1.80. The molecule has 0 saturated heterocycles. The van der Waals surface area contributed by atoms with Crippen molar-refractivity contribution in [3.63, 3.8) is 0 Å². The molecule has 0 aromatic rings. The molecule has 0 saturated carbocycles. The number of nitrogens with zero attached hydrogens (tertiary/aromatic N) is 1. The Kier molecular flexibility index (Phi) is 55.5. The van der Waals surface area contributed by atoms with Crippen molar-refractivity contribution in [3.05, 3.63) is 60.8 Å². The molecule has 0 aromatic carbocycles. The molecule has 3 unspecified atom stereocenters. The average Bonchev–Trinajstić information content (AvgIpc) is 3.37. The number of carbonyl (C=O) groups excluding carboxylic acids is 1. The highest BCUT2D eigenvalue weighted by Gasteiger charge is 2.23. The van der Waals surface area contributed by atoms with Gasteiger partial charge in [-0.05, 0) is 57.8 Å². The Morgan fingerprint density at radius 1 is 0.480 bits per heavy atom. The molecule has 9 heteroatoms. The van der Waals surface area contributed by atoms with E-state index in [9.17, 15) is 19.4 Å². The summed E-state index contributed by atoms with van der Waals surface area (Å²) in [6, 6.07) is -0.891. The van der Waals surface area contributed by atoms with E-state index in [-0.39, 0.29) is 19.1 Å². The summed E-state index contributed by atoms with van der Waals surface area (Å²) in [5, 5.41) is 13.9. The minimum atomic E-state index is -4.60. The molecule has 440 valence electrons. The molecule has 75 heavy (non-hydrogen) atoms. The van der Waals surface area contributed by atoms with Gasteiger partial charge in [0.1, 0.15) is 13.2 Å². The fourth-order valence-electron chi connectivity index (χ4n) is 9.50. The summed E-state index contributed by atoms with van der Waals surface area (Å²) in [6.45, 7) is 4.57. The molecule has 2 N–H and O–H groups in total. The van der Waals surface area contributed by atoms with E-state index in [1.807, 2.05) is 27.2 Å². The largest absolute Gasteiger partial charge is 0.756 e. The fourth-order valence-corrected chi connectivity index (χ4v) is 10.2. The third-order valence-corrected chi connectivity index (χ3v) is 15.4. The lowest BCUT2D eigenvalue weighted by Crippen LogP contribution is -2.45. The van der Waals surface area contributed by atoms with Crippen molar-refractivity contribution >= 4 is 13.7 Å². The number of unbranched alkanes of at least 4 members (excludes halogenated alkanes) is 38. The quantitative estimate of drug-likeness (QED) is 0.0272. The lowest BCUT2D eigenvalue weighted by Gasteiger charge is -2.29. The number of quaternary nitrogens is 1. The minimum Gasteiger partial charge on any atom is -0.756 e. The second-order valence-electron chi connectivity index (χ2n) is 23.1. The summed E-state index contributed by atoms with van der Waals surface area (Å²) < 4.78 is 23.4. The highest BCUT2D eigenvalue weighted by atomic mass is 31.2. The number of phosphoric ester groups is 1. The molecule has 8 nitrogen and oxygen atoms in total. The van der Waals surface area contributed by atoms with Crippen molar-refractivity contribution < 1.29 is 32.9 Å². The van der Waals surface area contributed by atoms with Crippen LogP contribution in [0.25, 0.3) is 0 Å². The number of allylic oxidation sites excluding steroid dienone is 9. The van der Waals surface area contributed by atoms with Gasteiger partial charge in [-0.15, -0.1) is 0 Å². The van der Waals surface area contributed by atoms with Crippen LogP contribution in [0.5, 0.6) is 0 Å². The topological polar surface area (TPSA) is 108 Å². The first-order valence-electron chi connectivity index (χ1n) is 32.2. The van der Waals surface area contributed by atoms with Crippen LogP contribution < -0.4 is 10.2 Å². The van der Waals surface area contributed by atoms with E-state index in [2.05, 4.69) is 67.8 Å². The summed E-state index contributed by atoms with van der Waals surface area (Å²) in [6.07, 6.45) is 77.4. The van der Waals surface area contributed by atoms with Crippen molar-refractivity contribution in [3.8, 4) is 0 Å². The van der Waals surface area contributed by atoms with Crippen LogP contribution in [0.2, 0.25) is 0 Å². The zero-order valence-electron chi connectivity index (χ0n) is 50.3. The maximum atomic E-state index is 13.0. The summed E-state index contributed by atoms with van der Waals surface area (Å²) in [4.78, 5) is 25.6. The molecule has 3 atom stereocenters. The zero-order valence-corrected chi connectivity index (χ0v) is 51.1. The van der Waals surface area contributed by atoms with Crippen molar-refractivity contribution in [2.24, 2.45) is 0 Å². The van der Waals surface area contributed by atoms with Crippen molar-refractivity contribution in [2.75, 3.05) is 40.9 Å². The third kappa shape index (κ3) is 59.7. The van der Waals surface area contributed by atoms with Crippen LogP contribution in [0.1, 0.15) is 303 Å². The van der Waals surface area contributed by atoms with Crippen molar-refractivity contribution in [1.82, 2.24) is 5.32 Å². The summed E-state index contributed by atoms with van der Waals surface area (Å²) in [5.74, 6) is -0.198. The number of rotatable bonds is 59. The summed E-state index contributed by atoms with van der Waals surface area (Å²) in [7, 11) is 1.26. The summed E-state index contributed by atoms with van der Waals surface area (Å²) in [5.41, 5.74) is 0. The van der Waals surface area contributed by atoms with Crippen LogP contribution in [0.4, 0.5) is 0 Å². The van der Waals surface area contributed by atoms with Crippen LogP contribution in [-0.2, 0) is 18.4 Å². The van der Waals surface area contributed by atoms with E-state index < -0.39 is 20.0 Å². The van der Waals surface area contributed by atoms with Crippen LogP contribution in [0.3, 0.4) is 0 Å². The molecule has 0 heterocycles. The zero-order chi connectivity index (χ0) is 54.9. The number of amides is 1. The van der Waals surface area contributed by atoms with Gasteiger partial charge in [0.2, 0.25) is 5.91 Å². The van der Waals surface area contributed by atoms with Gasteiger partial charge >= 0.3 is 0 Å². The van der Waals surface area contributed by atoms with Gasteiger partial charge < -0.3 is 28.8 Å². The molecule has 1 amide bonds. The maximum absolute atomic E-state index is 13.0. The lowest BCUT2D eigenvalue weighted by molar-refractivity contribution is -0.870. The van der Waals surface area contributed by atoms with E-state index in [0.29, 0.717) is 17.4 Å². The van der Waals surface area contributed by atoms with Gasteiger partial charge in [-0.3, -0.25) is 9.36 Å². The monoisotopic (exact) mass is 1070 g/mol. The molecular formula is C66H125N2O6P. The van der Waals surface area contributed by atoms with Crippen molar-refractivity contribution in [2.45, 2.75) is 315 Å². The predicted molar refractivity (Wildman–Crippen MR) is 325 cm³/mol. The Morgan fingerprint density at radius 3 is 1.19 bits per heavy atom.